The van der Waals surface area contributed by atoms with Crippen molar-refractivity contribution in [3.63, 3.8) is 0 Å². The van der Waals surface area contributed by atoms with Gasteiger partial charge in [-0.05, 0) is 48.5 Å². The predicted molar refractivity (Wildman–Crippen MR) is 118 cm³/mol. The largest absolute Gasteiger partial charge is 0.484 e. The van der Waals surface area contributed by atoms with E-state index in [0.717, 1.165) is 4.47 Å². The van der Waals surface area contributed by atoms with Crippen LogP contribution in [0.15, 0.2) is 82.4 Å². The summed E-state index contributed by atoms with van der Waals surface area (Å²) in [5, 5.41) is 4.42. The maximum atomic E-state index is 12.3. The first-order valence-corrected chi connectivity index (χ1v) is 9.95. The smallest absolute Gasteiger partial charge is 0.343 e. The Morgan fingerprint density at radius 2 is 1.83 bits per heavy atom. The molecule has 152 valence electrons. The summed E-state index contributed by atoms with van der Waals surface area (Å²) in [5.41, 5.74) is 3.29. The van der Waals surface area contributed by atoms with Gasteiger partial charge in [0.1, 0.15) is 11.5 Å². The minimum atomic E-state index is -0.494. The van der Waals surface area contributed by atoms with Crippen molar-refractivity contribution in [1.82, 2.24) is 5.43 Å². The first-order chi connectivity index (χ1) is 14.5. The fraction of sp³-hybridized carbons (Fsp3) is 0.0455. The molecule has 0 atom stereocenters. The van der Waals surface area contributed by atoms with Crippen molar-refractivity contribution >= 4 is 45.6 Å². The van der Waals surface area contributed by atoms with Gasteiger partial charge >= 0.3 is 5.97 Å². The normalized spacial score (nSPS) is 10.6. The molecular formula is C22H16BrClN2O4. The van der Waals surface area contributed by atoms with Gasteiger partial charge in [-0.1, -0.05) is 51.8 Å². The second-order valence-corrected chi connectivity index (χ2v) is 7.33. The van der Waals surface area contributed by atoms with Crippen LogP contribution < -0.4 is 14.9 Å². The summed E-state index contributed by atoms with van der Waals surface area (Å²) in [6.45, 7) is -0.230. The van der Waals surface area contributed by atoms with Gasteiger partial charge in [0.25, 0.3) is 5.91 Å². The molecule has 8 heteroatoms. The second kappa shape index (κ2) is 10.6. The summed E-state index contributed by atoms with van der Waals surface area (Å²) < 4.78 is 11.6. The number of carbonyl (C=O) groups excluding carboxylic acids is 2. The average molecular weight is 488 g/mol. The van der Waals surface area contributed by atoms with Crippen LogP contribution in [0.2, 0.25) is 5.02 Å². The van der Waals surface area contributed by atoms with Crippen LogP contribution in [0.1, 0.15) is 15.9 Å². The first kappa shape index (κ1) is 21.5. The molecule has 1 amide bonds. The molecule has 6 nitrogen and oxygen atoms in total. The molecule has 0 aliphatic carbocycles. The Bertz CT molecular complexity index is 1070. The zero-order chi connectivity index (χ0) is 21.3. The highest BCUT2D eigenvalue weighted by atomic mass is 79.9. The van der Waals surface area contributed by atoms with Gasteiger partial charge in [0.2, 0.25) is 0 Å². The highest BCUT2D eigenvalue weighted by molar-refractivity contribution is 9.10. The Morgan fingerprint density at radius 3 is 2.60 bits per heavy atom. The molecule has 0 aliphatic heterocycles. The summed E-state index contributed by atoms with van der Waals surface area (Å²) in [4.78, 5) is 24.2. The third kappa shape index (κ3) is 6.43. The number of ether oxygens (including phenoxy) is 2. The zero-order valence-corrected chi connectivity index (χ0v) is 17.9. The summed E-state index contributed by atoms with van der Waals surface area (Å²) in [7, 11) is 0. The van der Waals surface area contributed by atoms with Gasteiger partial charge in [0.05, 0.1) is 11.8 Å². The molecule has 0 aromatic heterocycles. The van der Waals surface area contributed by atoms with Crippen LogP contribution in [0.4, 0.5) is 0 Å². The van der Waals surface area contributed by atoms with Gasteiger partial charge in [0, 0.05) is 15.1 Å². The molecule has 0 unspecified atom stereocenters. The lowest BCUT2D eigenvalue weighted by Crippen LogP contribution is -2.24. The van der Waals surface area contributed by atoms with Crippen molar-refractivity contribution in [3.8, 4) is 11.5 Å². The average Bonchev–Trinajstić information content (AvgIpc) is 2.75. The number of nitrogens with zero attached hydrogens (tertiary/aromatic N) is 1. The molecule has 1 N–H and O–H groups in total. The topological polar surface area (TPSA) is 77.0 Å². The lowest BCUT2D eigenvalue weighted by atomic mass is 10.2. The number of hydrogen-bond donors (Lipinski definition) is 1. The van der Waals surface area contributed by atoms with E-state index in [4.69, 9.17) is 21.1 Å². The van der Waals surface area contributed by atoms with Crippen LogP contribution in [-0.4, -0.2) is 24.7 Å². The summed E-state index contributed by atoms with van der Waals surface area (Å²) >= 11 is 9.24. The molecule has 3 aromatic rings. The van der Waals surface area contributed by atoms with E-state index in [9.17, 15) is 9.59 Å². The van der Waals surface area contributed by atoms with Gasteiger partial charge in [0.15, 0.2) is 6.61 Å². The van der Waals surface area contributed by atoms with E-state index >= 15 is 0 Å². The van der Waals surface area contributed by atoms with Crippen molar-refractivity contribution in [3.05, 3.63) is 93.4 Å². The molecule has 3 aromatic carbocycles. The van der Waals surface area contributed by atoms with Gasteiger partial charge in [-0.2, -0.15) is 5.10 Å². The number of hydrogen-bond acceptors (Lipinski definition) is 5. The summed E-state index contributed by atoms with van der Waals surface area (Å²) in [6, 6.07) is 20.5. The van der Waals surface area contributed by atoms with Gasteiger partial charge in [-0.25, -0.2) is 10.2 Å². The zero-order valence-electron chi connectivity index (χ0n) is 15.5. The summed E-state index contributed by atoms with van der Waals surface area (Å²) in [6.07, 6.45) is 1.38. The Balaban J connectivity index is 1.61. The van der Waals surface area contributed by atoms with Crippen LogP contribution >= 0.6 is 27.5 Å². The molecule has 0 bridgehead atoms. The van der Waals surface area contributed by atoms with E-state index in [-0.39, 0.29) is 6.61 Å². The van der Waals surface area contributed by atoms with E-state index in [1.165, 1.54) is 6.21 Å². The molecular weight excluding hydrogens is 472 g/mol. The maximum Gasteiger partial charge on any atom is 0.343 e. The predicted octanol–water partition coefficient (Wildman–Crippen LogP) is 4.85. The number of hydrazone groups is 1. The minimum absolute atomic E-state index is 0.230. The van der Waals surface area contributed by atoms with Gasteiger partial charge < -0.3 is 9.47 Å². The number of carbonyl (C=O) groups is 2. The van der Waals surface area contributed by atoms with Crippen molar-refractivity contribution < 1.29 is 19.1 Å². The standard InChI is InChI=1S/C22H16BrClN2O4/c23-17-9-10-20(30-22(28)15-5-2-1-3-6-15)16(11-17)13-25-26-21(27)14-29-19-8-4-7-18(24)12-19/h1-13H,14H2,(H,26,27)/b25-13-. The molecule has 0 spiro atoms. The Morgan fingerprint density at radius 1 is 1.03 bits per heavy atom. The number of nitrogens with one attached hydrogen (secondary N) is 1. The molecule has 0 saturated heterocycles. The van der Waals surface area contributed by atoms with E-state index in [0.29, 0.717) is 27.6 Å². The quantitative estimate of drug-likeness (QED) is 0.224. The molecule has 0 aliphatic rings. The van der Waals surface area contributed by atoms with E-state index < -0.39 is 11.9 Å². The molecule has 3 rings (SSSR count). The number of amides is 1. The Kier molecular flexibility index (Phi) is 7.59. The first-order valence-electron chi connectivity index (χ1n) is 8.78. The lowest BCUT2D eigenvalue weighted by molar-refractivity contribution is -0.123. The molecule has 0 radical (unpaired) electrons. The van der Waals surface area contributed by atoms with E-state index in [1.54, 1.807) is 66.7 Å². The van der Waals surface area contributed by atoms with Crippen LogP contribution in [0, 0.1) is 0 Å². The lowest BCUT2D eigenvalue weighted by Gasteiger charge is -2.08. The molecule has 30 heavy (non-hydrogen) atoms. The molecule has 0 heterocycles. The highest BCUT2D eigenvalue weighted by Gasteiger charge is 2.11. The van der Waals surface area contributed by atoms with Crippen LogP contribution in [0.3, 0.4) is 0 Å². The van der Waals surface area contributed by atoms with Gasteiger partial charge in [-0.15, -0.1) is 0 Å². The fourth-order valence-electron chi connectivity index (χ4n) is 2.36. The van der Waals surface area contributed by atoms with Crippen molar-refractivity contribution in [2.45, 2.75) is 0 Å². The van der Waals surface area contributed by atoms with E-state index in [2.05, 4.69) is 26.5 Å². The van der Waals surface area contributed by atoms with Crippen molar-refractivity contribution in [1.29, 1.82) is 0 Å². The molecule has 0 fully saturated rings. The number of benzene rings is 3. The van der Waals surface area contributed by atoms with Crippen LogP contribution in [0.25, 0.3) is 0 Å². The fourth-order valence-corrected chi connectivity index (χ4v) is 2.92. The number of esters is 1. The molecule has 0 saturated carbocycles. The SMILES string of the molecule is O=C(COc1cccc(Cl)c1)N/N=C\c1cc(Br)ccc1OC(=O)c1ccccc1. The second-order valence-electron chi connectivity index (χ2n) is 5.98. The van der Waals surface area contributed by atoms with Crippen molar-refractivity contribution in [2.24, 2.45) is 5.10 Å². The maximum absolute atomic E-state index is 12.3. The van der Waals surface area contributed by atoms with Crippen LogP contribution in [-0.2, 0) is 4.79 Å². The third-order valence-corrected chi connectivity index (χ3v) is 4.47. The highest BCUT2D eigenvalue weighted by Crippen LogP contribution is 2.23. The minimum Gasteiger partial charge on any atom is -0.484 e. The third-order valence-electron chi connectivity index (χ3n) is 3.74. The number of halogens is 2. The summed E-state index contributed by atoms with van der Waals surface area (Å²) in [5.74, 6) is -0.167. The Hall–Kier alpha value is -3.16. The van der Waals surface area contributed by atoms with E-state index in [1.807, 2.05) is 6.07 Å². The monoisotopic (exact) mass is 486 g/mol. The van der Waals surface area contributed by atoms with Crippen LogP contribution in [0.5, 0.6) is 11.5 Å². The Labute approximate surface area is 186 Å². The number of rotatable bonds is 7. The van der Waals surface area contributed by atoms with Crippen molar-refractivity contribution in [2.75, 3.05) is 6.61 Å². The van der Waals surface area contributed by atoms with Gasteiger partial charge in [-0.3, -0.25) is 4.79 Å².